The van der Waals surface area contributed by atoms with Crippen LogP contribution in [0.2, 0.25) is 0 Å². The summed E-state index contributed by atoms with van der Waals surface area (Å²) in [5.41, 5.74) is -0.720. The fraction of sp³-hybridized carbons (Fsp3) is 0.900. The van der Waals surface area contributed by atoms with E-state index >= 15 is 0 Å². The average Bonchev–Trinajstić information content (AvgIpc) is 2.17. The minimum atomic E-state index is -0.720. The van der Waals surface area contributed by atoms with Crippen molar-refractivity contribution in [1.29, 1.82) is 0 Å². The van der Waals surface area contributed by atoms with Crippen molar-refractivity contribution in [2.75, 3.05) is 26.2 Å². The number of hydrogen-bond acceptors (Lipinski definition) is 3. The number of carbonyl (C=O) groups is 1. The molecule has 1 atom stereocenters. The second-order valence-electron chi connectivity index (χ2n) is 4.34. The zero-order valence-corrected chi connectivity index (χ0v) is 11.5. The van der Waals surface area contributed by atoms with Gasteiger partial charge in [-0.3, -0.25) is 9.69 Å². The first-order chi connectivity index (χ1) is 6.49. The molecule has 0 radical (unpaired) electrons. The summed E-state index contributed by atoms with van der Waals surface area (Å²) in [5, 5.41) is 12.5. The van der Waals surface area contributed by atoms with Gasteiger partial charge in [0.2, 0.25) is 0 Å². The Morgan fingerprint density at radius 3 is 2.06 bits per heavy atom. The van der Waals surface area contributed by atoms with Crippen LogP contribution in [0.4, 0.5) is 0 Å². The molecule has 0 aromatic rings. The van der Waals surface area contributed by atoms with Crippen LogP contribution in [0.1, 0.15) is 20.8 Å². The Morgan fingerprint density at radius 2 is 1.75 bits per heavy atom. The molecule has 0 spiro atoms. The lowest BCUT2D eigenvalue weighted by Gasteiger charge is -2.43. The summed E-state index contributed by atoms with van der Waals surface area (Å²) in [4.78, 5) is 13.4. The average molecular weight is 271 g/mol. The van der Waals surface area contributed by atoms with Gasteiger partial charge in [-0.1, -0.05) is 13.8 Å². The van der Waals surface area contributed by atoms with E-state index in [1.807, 2.05) is 20.8 Å². The van der Waals surface area contributed by atoms with Crippen molar-refractivity contribution < 1.29 is 34.7 Å². The van der Waals surface area contributed by atoms with E-state index in [-0.39, 0.29) is 30.7 Å². The number of carboxylic acids is 1. The molecule has 0 aromatic carbocycles. The summed E-state index contributed by atoms with van der Waals surface area (Å²) in [6.45, 7) is 9.17. The molecule has 16 heavy (non-hydrogen) atoms. The molecule has 1 aliphatic heterocycles. The first-order valence-electron chi connectivity index (χ1n) is 5.18. The lowest BCUT2D eigenvalue weighted by molar-refractivity contribution is -0.154. The molecule has 1 rings (SSSR count). The Balaban J connectivity index is 0. The van der Waals surface area contributed by atoms with Crippen molar-refractivity contribution >= 4 is 5.97 Å². The predicted octanol–water partition coefficient (Wildman–Crippen LogP) is -5.60. The van der Waals surface area contributed by atoms with Crippen molar-refractivity contribution in [3.05, 3.63) is 0 Å². The molecule has 0 saturated carbocycles. The van der Waals surface area contributed by atoms with Gasteiger partial charge in [0.25, 0.3) is 0 Å². The molecular weight excluding hydrogens is 251 g/mol. The van der Waals surface area contributed by atoms with Gasteiger partial charge in [-0.2, -0.15) is 0 Å². The Morgan fingerprint density at radius 1 is 1.31 bits per heavy atom. The van der Waals surface area contributed by atoms with Gasteiger partial charge in [-0.25, -0.2) is 0 Å². The molecule has 0 unspecified atom stereocenters. The molecule has 98 valence electrons. The second kappa shape index (κ2) is 7.33. The van der Waals surface area contributed by atoms with Gasteiger partial charge in [0, 0.05) is 26.2 Å². The van der Waals surface area contributed by atoms with Crippen molar-refractivity contribution in [2.24, 2.45) is 5.92 Å². The van der Waals surface area contributed by atoms with Crippen LogP contribution in [-0.2, 0) is 4.79 Å². The molecule has 0 amide bonds. The van der Waals surface area contributed by atoms with Gasteiger partial charge < -0.3 is 35.2 Å². The Labute approximate surface area is 110 Å². The van der Waals surface area contributed by atoms with Crippen molar-refractivity contribution in [1.82, 2.24) is 10.2 Å². The van der Waals surface area contributed by atoms with E-state index in [0.717, 1.165) is 26.2 Å². The summed E-state index contributed by atoms with van der Waals surface area (Å²) in [6.07, 6.45) is 0. The van der Waals surface area contributed by atoms with Crippen LogP contribution in [0.5, 0.6) is 0 Å². The number of aliphatic carboxylic acids is 1. The lowest BCUT2D eigenvalue weighted by Crippen LogP contribution is -3.00. The van der Waals surface area contributed by atoms with E-state index in [4.69, 9.17) is 0 Å². The van der Waals surface area contributed by atoms with Crippen molar-refractivity contribution in [3.63, 3.8) is 0 Å². The number of nitrogens with zero attached hydrogens (tertiary/aromatic N) is 1. The second-order valence-corrected chi connectivity index (χ2v) is 4.34. The predicted molar refractivity (Wildman–Crippen MR) is 55.3 cm³/mol. The fourth-order valence-electron chi connectivity index (χ4n) is 1.88. The summed E-state index contributed by atoms with van der Waals surface area (Å²) < 4.78 is 0. The quantitative estimate of drug-likeness (QED) is 0.537. The maximum atomic E-state index is 11.3. The summed E-state index contributed by atoms with van der Waals surface area (Å²) >= 11 is 0. The first-order valence-corrected chi connectivity index (χ1v) is 5.18. The molecule has 0 aliphatic carbocycles. The van der Waals surface area contributed by atoms with E-state index in [0.29, 0.717) is 0 Å². The SMILES string of the molecule is CC(C)[C@@](C)(C(=O)O)N1CCNCC1.[Cl-].[Cl-]. The van der Waals surface area contributed by atoms with Gasteiger partial charge >= 0.3 is 5.97 Å². The van der Waals surface area contributed by atoms with Crippen LogP contribution in [-0.4, -0.2) is 47.7 Å². The molecular formula is C10H20Cl2N2O2-2. The molecule has 1 aliphatic rings. The smallest absolute Gasteiger partial charge is 0.324 e. The van der Waals surface area contributed by atoms with Crippen molar-refractivity contribution in [3.8, 4) is 0 Å². The summed E-state index contributed by atoms with van der Waals surface area (Å²) in [6, 6.07) is 0. The fourth-order valence-corrected chi connectivity index (χ4v) is 1.88. The van der Waals surface area contributed by atoms with Gasteiger partial charge in [0.05, 0.1) is 0 Å². The molecule has 0 aromatic heterocycles. The van der Waals surface area contributed by atoms with E-state index < -0.39 is 11.5 Å². The largest absolute Gasteiger partial charge is 1.00 e. The molecule has 4 nitrogen and oxygen atoms in total. The van der Waals surface area contributed by atoms with Gasteiger partial charge in [-0.15, -0.1) is 0 Å². The molecule has 1 saturated heterocycles. The number of rotatable bonds is 3. The highest BCUT2D eigenvalue weighted by Gasteiger charge is 2.42. The third-order valence-electron chi connectivity index (χ3n) is 3.33. The van der Waals surface area contributed by atoms with Gasteiger partial charge in [-0.05, 0) is 12.8 Å². The van der Waals surface area contributed by atoms with Crippen molar-refractivity contribution in [2.45, 2.75) is 26.3 Å². The van der Waals surface area contributed by atoms with Crippen LogP contribution in [0, 0.1) is 5.92 Å². The number of carboxylic acid groups (broad SMARTS) is 1. The number of piperazine rings is 1. The maximum absolute atomic E-state index is 11.3. The van der Waals surface area contributed by atoms with E-state index in [2.05, 4.69) is 10.2 Å². The molecule has 0 bridgehead atoms. The number of halogens is 2. The third kappa shape index (κ3) is 3.48. The van der Waals surface area contributed by atoms with Crippen LogP contribution in [0.3, 0.4) is 0 Å². The van der Waals surface area contributed by atoms with E-state index in [1.165, 1.54) is 0 Å². The molecule has 2 N–H and O–H groups in total. The third-order valence-corrected chi connectivity index (χ3v) is 3.33. The van der Waals surface area contributed by atoms with Crippen LogP contribution < -0.4 is 30.1 Å². The van der Waals surface area contributed by atoms with E-state index in [9.17, 15) is 9.90 Å². The highest BCUT2D eigenvalue weighted by Crippen LogP contribution is 2.25. The Hall–Kier alpha value is -0.0300. The van der Waals surface area contributed by atoms with Crippen LogP contribution in [0.15, 0.2) is 0 Å². The summed E-state index contributed by atoms with van der Waals surface area (Å²) in [7, 11) is 0. The Bertz CT molecular complexity index is 221. The van der Waals surface area contributed by atoms with Crippen LogP contribution >= 0.6 is 0 Å². The minimum absolute atomic E-state index is 0. The topological polar surface area (TPSA) is 52.6 Å². The highest BCUT2D eigenvalue weighted by molar-refractivity contribution is 5.78. The monoisotopic (exact) mass is 270 g/mol. The standard InChI is InChI=1S/C10H20N2O2.2ClH/c1-8(2)10(3,9(13)14)12-6-4-11-5-7-12;;/h8,11H,4-7H2,1-3H3,(H,13,14);2*1H/p-2/t10-;;/m0../s1. The normalized spacial score (nSPS) is 20.5. The first kappa shape index (κ1) is 18.3. The van der Waals surface area contributed by atoms with E-state index in [1.54, 1.807) is 0 Å². The molecule has 6 heteroatoms. The van der Waals surface area contributed by atoms with Crippen LogP contribution in [0.25, 0.3) is 0 Å². The molecule has 1 fully saturated rings. The zero-order valence-electron chi connectivity index (χ0n) is 9.96. The summed E-state index contributed by atoms with van der Waals surface area (Å²) in [5.74, 6) is -0.590. The highest BCUT2D eigenvalue weighted by atomic mass is 35.5. The number of nitrogens with one attached hydrogen (secondary N) is 1. The molecule has 1 heterocycles. The lowest BCUT2D eigenvalue weighted by atomic mass is 9.86. The Kier molecular flexibility index (Phi) is 8.40. The maximum Gasteiger partial charge on any atom is 0.324 e. The van der Waals surface area contributed by atoms with Gasteiger partial charge in [0.1, 0.15) is 5.54 Å². The minimum Gasteiger partial charge on any atom is -1.00 e. The number of hydrogen-bond donors (Lipinski definition) is 2. The zero-order chi connectivity index (χ0) is 10.8. The van der Waals surface area contributed by atoms with Gasteiger partial charge in [0.15, 0.2) is 0 Å².